The SMILES string of the molecule is COc1cc(C(=O)NC2CCC(N)CC2)cc(OC)c1OCc1ccccc1.Cl. The number of hydrogen-bond acceptors (Lipinski definition) is 5. The summed E-state index contributed by atoms with van der Waals surface area (Å²) in [5.41, 5.74) is 7.46. The summed E-state index contributed by atoms with van der Waals surface area (Å²) < 4.78 is 16.9. The third-order valence-corrected chi connectivity index (χ3v) is 5.06. The summed E-state index contributed by atoms with van der Waals surface area (Å²) in [4.78, 5) is 12.7. The Kier molecular flexibility index (Phi) is 8.61. The van der Waals surface area contributed by atoms with Crippen LogP contribution < -0.4 is 25.3 Å². The smallest absolute Gasteiger partial charge is 0.251 e. The van der Waals surface area contributed by atoms with Crippen LogP contribution in [0.15, 0.2) is 42.5 Å². The minimum absolute atomic E-state index is 0. The van der Waals surface area contributed by atoms with Gasteiger partial charge in [-0.05, 0) is 43.4 Å². The van der Waals surface area contributed by atoms with E-state index in [0.717, 1.165) is 31.2 Å². The van der Waals surface area contributed by atoms with Gasteiger partial charge in [0.2, 0.25) is 5.75 Å². The second-order valence-corrected chi connectivity index (χ2v) is 7.07. The summed E-state index contributed by atoms with van der Waals surface area (Å²) in [6.07, 6.45) is 3.67. The molecule has 0 unspecified atom stereocenters. The normalized spacial score (nSPS) is 18.3. The Bertz CT molecular complexity index is 768. The Morgan fingerprint density at radius 2 is 1.62 bits per heavy atom. The third kappa shape index (κ3) is 6.02. The number of ether oxygens (including phenoxy) is 3. The molecule has 2 aromatic carbocycles. The van der Waals surface area contributed by atoms with Gasteiger partial charge in [-0.15, -0.1) is 12.4 Å². The van der Waals surface area contributed by atoms with Gasteiger partial charge in [-0.25, -0.2) is 0 Å². The van der Waals surface area contributed by atoms with Crippen molar-refractivity contribution in [1.82, 2.24) is 5.32 Å². The predicted octanol–water partition coefficient (Wildman–Crippen LogP) is 3.70. The van der Waals surface area contributed by atoms with E-state index in [1.54, 1.807) is 26.4 Å². The van der Waals surface area contributed by atoms with Crippen LogP contribution >= 0.6 is 12.4 Å². The van der Waals surface area contributed by atoms with Gasteiger partial charge in [0.05, 0.1) is 14.2 Å². The minimum atomic E-state index is -0.147. The summed E-state index contributed by atoms with van der Waals surface area (Å²) in [6, 6.07) is 13.6. The first-order chi connectivity index (χ1) is 13.6. The van der Waals surface area contributed by atoms with Crippen LogP contribution in [0.5, 0.6) is 17.2 Å². The molecule has 6 nitrogen and oxygen atoms in total. The molecule has 0 saturated heterocycles. The number of carbonyl (C=O) groups is 1. The fourth-order valence-electron chi connectivity index (χ4n) is 3.42. The monoisotopic (exact) mass is 420 g/mol. The lowest BCUT2D eigenvalue weighted by Crippen LogP contribution is -2.40. The van der Waals surface area contributed by atoms with Crippen molar-refractivity contribution in [2.75, 3.05) is 14.2 Å². The molecule has 2 aromatic rings. The Balaban J connectivity index is 0.00000300. The van der Waals surface area contributed by atoms with Crippen molar-refractivity contribution in [3.63, 3.8) is 0 Å². The van der Waals surface area contributed by atoms with Gasteiger partial charge in [-0.2, -0.15) is 0 Å². The molecule has 0 bridgehead atoms. The number of hydrogen-bond donors (Lipinski definition) is 2. The van der Waals surface area contributed by atoms with E-state index in [-0.39, 0.29) is 30.4 Å². The van der Waals surface area contributed by atoms with Crippen molar-refractivity contribution >= 4 is 18.3 Å². The molecule has 1 saturated carbocycles. The first-order valence-corrected chi connectivity index (χ1v) is 9.60. The second kappa shape index (κ2) is 10.9. The number of nitrogens with one attached hydrogen (secondary N) is 1. The van der Waals surface area contributed by atoms with E-state index in [4.69, 9.17) is 19.9 Å². The van der Waals surface area contributed by atoms with Gasteiger partial charge in [0.1, 0.15) is 6.61 Å². The van der Waals surface area contributed by atoms with Crippen molar-refractivity contribution in [2.45, 2.75) is 44.4 Å². The molecular weight excluding hydrogens is 392 g/mol. The maximum atomic E-state index is 12.7. The Morgan fingerprint density at radius 3 is 2.17 bits per heavy atom. The lowest BCUT2D eigenvalue weighted by Gasteiger charge is -2.27. The Hall–Kier alpha value is -2.44. The van der Waals surface area contributed by atoms with Crippen LogP contribution in [-0.2, 0) is 6.61 Å². The highest BCUT2D eigenvalue weighted by Crippen LogP contribution is 2.39. The van der Waals surface area contributed by atoms with Crippen molar-refractivity contribution in [1.29, 1.82) is 0 Å². The molecule has 1 fully saturated rings. The molecule has 1 aliphatic rings. The first kappa shape index (κ1) is 22.8. The summed E-state index contributed by atoms with van der Waals surface area (Å²) in [6.45, 7) is 0.376. The standard InChI is InChI=1S/C22H28N2O4.ClH/c1-26-19-12-16(22(25)24-18-10-8-17(23)9-11-18)13-20(27-2)21(19)28-14-15-6-4-3-5-7-15;/h3-7,12-13,17-18H,8-11,14,23H2,1-2H3,(H,24,25);1H. The Morgan fingerprint density at radius 1 is 1.03 bits per heavy atom. The minimum Gasteiger partial charge on any atom is -0.493 e. The Labute approximate surface area is 178 Å². The summed E-state index contributed by atoms with van der Waals surface area (Å²) in [5, 5.41) is 3.09. The number of amides is 1. The molecule has 29 heavy (non-hydrogen) atoms. The number of benzene rings is 2. The topological polar surface area (TPSA) is 82.8 Å². The van der Waals surface area contributed by atoms with Crippen LogP contribution in [0.3, 0.4) is 0 Å². The summed E-state index contributed by atoms with van der Waals surface area (Å²) in [7, 11) is 3.10. The van der Waals surface area contributed by atoms with Gasteiger partial charge in [0, 0.05) is 17.6 Å². The quantitative estimate of drug-likeness (QED) is 0.713. The number of rotatable bonds is 7. The fourth-order valence-corrected chi connectivity index (χ4v) is 3.42. The number of methoxy groups -OCH3 is 2. The zero-order valence-corrected chi connectivity index (χ0v) is 17.7. The molecule has 0 atom stereocenters. The van der Waals surface area contributed by atoms with E-state index in [1.165, 1.54) is 0 Å². The van der Waals surface area contributed by atoms with Gasteiger partial charge < -0.3 is 25.3 Å². The second-order valence-electron chi connectivity index (χ2n) is 7.07. The molecular formula is C22H29ClN2O4. The number of carbonyl (C=O) groups excluding carboxylic acids is 1. The van der Waals surface area contributed by atoms with Crippen LogP contribution in [0.25, 0.3) is 0 Å². The van der Waals surface area contributed by atoms with E-state index in [1.807, 2.05) is 30.3 Å². The highest BCUT2D eigenvalue weighted by Gasteiger charge is 2.23. The van der Waals surface area contributed by atoms with Crippen LogP contribution in [-0.4, -0.2) is 32.2 Å². The molecule has 0 heterocycles. The average molecular weight is 421 g/mol. The van der Waals surface area contributed by atoms with E-state index in [2.05, 4.69) is 5.32 Å². The van der Waals surface area contributed by atoms with Gasteiger partial charge >= 0.3 is 0 Å². The van der Waals surface area contributed by atoms with Crippen molar-refractivity contribution in [3.05, 3.63) is 53.6 Å². The molecule has 3 rings (SSSR count). The molecule has 1 amide bonds. The van der Waals surface area contributed by atoms with Crippen LogP contribution in [0, 0.1) is 0 Å². The largest absolute Gasteiger partial charge is 0.493 e. The van der Waals surface area contributed by atoms with Gasteiger partial charge in [0.25, 0.3) is 5.91 Å². The van der Waals surface area contributed by atoms with Crippen molar-refractivity contribution in [3.8, 4) is 17.2 Å². The first-order valence-electron chi connectivity index (χ1n) is 9.60. The van der Waals surface area contributed by atoms with Crippen LogP contribution in [0.2, 0.25) is 0 Å². The van der Waals surface area contributed by atoms with E-state index in [0.29, 0.717) is 29.4 Å². The number of halogens is 1. The van der Waals surface area contributed by atoms with Gasteiger partial charge in [0.15, 0.2) is 11.5 Å². The average Bonchev–Trinajstić information content (AvgIpc) is 2.73. The number of nitrogens with two attached hydrogens (primary N) is 1. The molecule has 0 aliphatic heterocycles. The molecule has 0 radical (unpaired) electrons. The van der Waals surface area contributed by atoms with E-state index >= 15 is 0 Å². The molecule has 158 valence electrons. The van der Waals surface area contributed by atoms with Crippen LogP contribution in [0.1, 0.15) is 41.6 Å². The molecule has 0 aromatic heterocycles. The highest BCUT2D eigenvalue weighted by atomic mass is 35.5. The van der Waals surface area contributed by atoms with E-state index < -0.39 is 0 Å². The molecule has 7 heteroatoms. The summed E-state index contributed by atoms with van der Waals surface area (Å²) in [5.74, 6) is 1.26. The predicted molar refractivity (Wildman–Crippen MR) is 115 cm³/mol. The molecule has 3 N–H and O–H groups in total. The lowest BCUT2D eigenvalue weighted by atomic mass is 9.91. The van der Waals surface area contributed by atoms with Crippen molar-refractivity contribution in [2.24, 2.45) is 5.73 Å². The zero-order valence-electron chi connectivity index (χ0n) is 16.9. The zero-order chi connectivity index (χ0) is 19.9. The van der Waals surface area contributed by atoms with Gasteiger partial charge in [-0.3, -0.25) is 4.79 Å². The maximum Gasteiger partial charge on any atom is 0.251 e. The summed E-state index contributed by atoms with van der Waals surface area (Å²) >= 11 is 0. The van der Waals surface area contributed by atoms with Crippen molar-refractivity contribution < 1.29 is 19.0 Å². The van der Waals surface area contributed by atoms with E-state index in [9.17, 15) is 4.79 Å². The molecule has 1 aliphatic carbocycles. The molecule has 0 spiro atoms. The highest BCUT2D eigenvalue weighted by molar-refractivity contribution is 5.95. The maximum absolute atomic E-state index is 12.7. The third-order valence-electron chi connectivity index (χ3n) is 5.06. The van der Waals surface area contributed by atoms with Gasteiger partial charge in [-0.1, -0.05) is 30.3 Å². The fraction of sp³-hybridized carbons (Fsp3) is 0.409. The lowest BCUT2D eigenvalue weighted by molar-refractivity contribution is 0.0925. The van der Waals surface area contributed by atoms with Crippen LogP contribution in [0.4, 0.5) is 0 Å².